The van der Waals surface area contributed by atoms with Crippen LogP contribution in [0.25, 0.3) is 0 Å². The molecule has 96 valence electrons. The molecular weight excluding hydrogens is 234 g/mol. The second kappa shape index (κ2) is 7.00. The minimum absolute atomic E-state index is 0.0524. The van der Waals surface area contributed by atoms with Gasteiger partial charge < -0.3 is 9.64 Å². The zero-order valence-electron chi connectivity index (χ0n) is 11.2. The standard InChI is InChI=1S/C14H22ClNO/c1-11-5-6-13(7-12(11)2)8-16(3)9-14(15)10-17-4/h5-7,14H,8-10H2,1-4H3. The van der Waals surface area contributed by atoms with Crippen molar-refractivity contribution in [3.8, 4) is 0 Å². The van der Waals surface area contributed by atoms with Crippen molar-refractivity contribution < 1.29 is 4.74 Å². The van der Waals surface area contributed by atoms with Gasteiger partial charge in [-0.05, 0) is 37.6 Å². The lowest BCUT2D eigenvalue weighted by Gasteiger charge is -2.20. The fraction of sp³-hybridized carbons (Fsp3) is 0.571. The second-order valence-electron chi connectivity index (χ2n) is 4.67. The molecular formula is C14H22ClNO. The third-order valence-corrected chi connectivity index (χ3v) is 3.15. The van der Waals surface area contributed by atoms with E-state index in [1.807, 2.05) is 0 Å². The smallest absolute Gasteiger partial charge is 0.0696 e. The van der Waals surface area contributed by atoms with Crippen LogP contribution in [0.4, 0.5) is 0 Å². The Bertz CT molecular complexity index is 354. The molecule has 1 aromatic carbocycles. The first-order chi connectivity index (χ1) is 8.02. The van der Waals surface area contributed by atoms with Crippen LogP contribution in [0.1, 0.15) is 16.7 Å². The number of alkyl halides is 1. The first-order valence-corrected chi connectivity index (χ1v) is 6.34. The Labute approximate surface area is 110 Å². The lowest BCUT2D eigenvalue weighted by molar-refractivity contribution is 0.181. The van der Waals surface area contributed by atoms with E-state index in [0.717, 1.165) is 13.1 Å². The molecule has 2 nitrogen and oxygen atoms in total. The van der Waals surface area contributed by atoms with Crippen molar-refractivity contribution in [1.82, 2.24) is 4.90 Å². The van der Waals surface area contributed by atoms with Gasteiger partial charge in [-0.2, -0.15) is 0 Å². The Morgan fingerprint density at radius 3 is 2.59 bits per heavy atom. The van der Waals surface area contributed by atoms with Crippen LogP contribution in [0.3, 0.4) is 0 Å². The summed E-state index contributed by atoms with van der Waals surface area (Å²) in [6.45, 7) is 6.64. The van der Waals surface area contributed by atoms with E-state index in [-0.39, 0.29) is 5.38 Å². The number of methoxy groups -OCH3 is 1. The van der Waals surface area contributed by atoms with Gasteiger partial charge >= 0.3 is 0 Å². The lowest BCUT2D eigenvalue weighted by Crippen LogP contribution is -2.28. The number of nitrogens with zero attached hydrogens (tertiary/aromatic N) is 1. The van der Waals surface area contributed by atoms with Crippen LogP contribution < -0.4 is 0 Å². The summed E-state index contributed by atoms with van der Waals surface area (Å²) < 4.78 is 5.03. The van der Waals surface area contributed by atoms with Crippen molar-refractivity contribution in [2.45, 2.75) is 25.8 Å². The van der Waals surface area contributed by atoms with Crippen LogP contribution in [0.15, 0.2) is 18.2 Å². The molecule has 1 atom stereocenters. The third-order valence-electron chi connectivity index (χ3n) is 2.88. The fourth-order valence-corrected chi connectivity index (χ4v) is 2.21. The summed E-state index contributed by atoms with van der Waals surface area (Å²) in [5.74, 6) is 0. The first-order valence-electron chi connectivity index (χ1n) is 5.90. The highest BCUT2D eigenvalue weighted by Crippen LogP contribution is 2.12. The third kappa shape index (κ3) is 5.07. The molecule has 0 aromatic heterocycles. The van der Waals surface area contributed by atoms with E-state index < -0.39 is 0 Å². The second-order valence-corrected chi connectivity index (χ2v) is 5.29. The Hall–Kier alpha value is -0.570. The summed E-state index contributed by atoms with van der Waals surface area (Å²) in [6, 6.07) is 6.59. The molecule has 0 spiro atoms. The molecule has 0 aliphatic rings. The van der Waals surface area contributed by atoms with Crippen LogP contribution in [0, 0.1) is 13.8 Å². The largest absolute Gasteiger partial charge is 0.383 e. The molecule has 1 aromatic rings. The van der Waals surface area contributed by atoms with Crippen molar-refractivity contribution in [3.63, 3.8) is 0 Å². The maximum Gasteiger partial charge on any atom is 0.0696 e. The van der Waals surface area contributed by atoms with Crippen molar-refractivity contribution in [1.29, 1.82) is 0 Å². The number of rotatable bonds is 6. The van der Waals surface area contributed by atoms with Crippen LogP contribution >= 0.6 is 11.6 Å². The minimum atomic E-state index is 0.0524. The molecule has 0 N–H and O–H groups in total. The summed E-state index contributed by atoms with van der Waals surface area (Å²) in [6.07, 6.45) is 0. The van der Waals surface area contributed by atoms with E-state index in [1.165, 1.54) is 16.7 Å². The maximum atomic E-state index is 6.13. The highest BCUT2D eigenvalue weighted by Gasteiger charge is 2.08. The van der Waals surface area contributed by atoms with Gasteiger partial charge in [0.25, 0.3) is 0 Å². The fourth-order valence-electron chi connectivity index (χ4n) is 1.85. The summed E-state index contributed by atoms with van der Waals surface area (Å²) >= 11 is 6.13. The highest BCUT2D eigenvalue weighted by molar-refractivity contribution is 6.20. The predicted molar refractivity (Wildman–Crippen MR) is 73.8 cm³/mol. The average Bonchev–Trinajstić information content (AvgIpc) is 2.23. The molecule has 0 bridgehead atoms. The first kappa shape index (κ1) is 14.5. The molecule has 0 fully saturated rings. The summed E-state index contributed by atoms with van der Waals surface area (Å²) in [4.78, 5) is 2.22. The van der Waals surface area contributed by atoms with Crippen LogP contribution in [-0.4, -0.2) is 37.6 Å². The molecule has 0 aliphatic carbocycles. The number of aryl methyl sites for hydroxylation is 2. The Morgan fingerprint density at radius 2 is 2.00 bits per heavy atom. The molecule has 1 rings (SSSR count). The molecule has 17 heavy (non-hydrogen) atoms. The van der Waals surface area contributed by atoms with Gasteiger partial charge in [0.15, 0.2) is 0 Å². The van der Waals surface area contributed by atoms with Gasteiger partial charge in [-0.15, -0.1) is 11.6 Å². The van der Waals surface area contributed by atoms with E-state index in [4.69, 9.17) is 16.3 Å². The Balaban J connectivity index is 2.50. The minimum Gasteiger partial charge on any atom is -0.383 e. The van der Waals surface area contributed by atoms with E-state index in [2.05, 4.69) is 44.0 Å². The SMILES string of the molecule is COCC(Cl)CN(C)Cc1ccc(C)c(C)c1. The highest BCUT2D eigenvalue weighted by atomic mass is 35.5. The quantitative estimate of drug-likeness (QED) is 0.725. The van der Waals surface area contributed by atoms with Gasteiger partial charge in [0.05, 0.1) is 12.0 Å². The van der Waals surface area contributed by atoms with Gasteiger partial charge in [-0.1, -0.05) is 18.2 Å². The lowest BCUT2D eigenvalue weighted by atomic mass is 10.1. The normalized spacial score (nSPS) is 13.1. The van der Waals surface area contributed by atoms with Crippen molar-refractivity contribution in [3.05, 3.63) is 34.9 Å². The Morgan fingerprint density at radius 1 is 1.29 bits per heavy atom. The van der Waals surface area contributed by atoms with Gasteiger partial charge in [0.1, 0.15) is 0 Å². The molecule has 1 unspecified atom stereocenters. The van der Waals surface area contributed by atoms with Crippen molar-refractivity contribution in [2.75, 3.05) is 27.3 Å². The number of hydrogen-bond acceptors (Lipinski definition) is 2. The topological polar surface area (TPSA) is 12.5 Å². The predicted octanol–water partition coefficient (Wildman–Crippen LogP) is 2.99. The molecule has 0 radical (unpaired) electrons. The monoisotopic (exact) mass is 255 g/mol. The molecule has 0 amide bonds. The van der Waals surface area contributed by atoms with Crippen LogP contribution in [0.2, 0.25) is 0 Å². The summed E-state index contributed by atoms with van der Waals surface area (Å²) in [7, 11) is 3.76. The number of halogens is 1. The van der Waals surface area contributed by atoms with E-state index >= 15 is 0 Å². The molecule has 0 saturated heterocycles. The molecule has 0 heterocycles. The van der Waals surface area contributed by atoms with Crippen molar-refractivity contribution >= 4 is 11.6 Å². The maximum absolute atomic E-state index is 6.13. The summed E-state index contributed by atoms with van der Waals surface area (Å²) in [5.41, 5.74) is 4.01. The van der Waals surface area contributed by atoms with Gasteiger partial charge in [-0.25, -0.2) is 0 Å². The van der Waals surface area contributed by atoms with E-state index in [0.29, 0.717) is 6.61 Å². The molecule has 0 saturated carbocycles. The number of ether oxygens (including phenoxy) is 1. The van der Waals surface area contributed by atoms with Gasteiger partial charge in [0, 0.05) is 20.2 Å². The average molecular weight is 256 g/mol. The zero-order valence-corrected chi connectivity index (χ0v) is 11.9. The Kier molecular flexibility index (Phi) is 5.96. The summed E-state index contributed by atoms with van der Waals surface area (Å²) in [5, 5.41) is 0.0524. The number of hydrogen-bond donors (Lipinski definition) is 0. The molecule has 3 heteroatoms. The number of benzene rings is 1. The molecule has 0 aliphatic heterocycles. The van der Waals surface area contributed by atoms with Gasteiger partial charge in [0.2, 0.25) is 0 Å². The van der Waals surface area contributed by atoms with Gasteiger partial charge in [-0.3, -0.25) is 0 Å². The van der Waals surface area contributed by atoms with Crippen LogP contribution in [-0.2, 0) is 11.3 Å². The van der Waals surface area contributed by atoms with Crippen molar-refractivity contribution in [2.24, 2.45) is 0 Å². The van der Waals surface area contributed by atoms with E-state index in [1.54, 1.807) is 7.11 Å². The van der Waals surface area contributed by atoms with Crippen LogP contribution in [0.5, 0.6) is 0 Å². The van der Waals surface area contributed by atoms with E-state index in [9.17, 15) is 0 Å². The zero-order chi connectivity index (χ0) is 12.8.